The van der Waals surface area contributed by atoms with Gasteiger partial charge in [-0.05, 0) is 72.4 Å². The van der Waals surface area contributed by atoms with Crippen LogP contribution in [0.4, 0.5) is 15.8 Å². The second-order valence-electron chi connectivity index (χ2n) is 9.48. The van der Waals surface area contributed by atoms with Gasteiger partial charge in [0.25, 0.3) is 0 Å². The Hall–Kier alpha value is -1.71. The molecular weight excluding hydrogens is 433 g/mol. The van der Waals surface area contributed by atoms with E-state index in [9.17, 15) is 13.2 Å². The largest absolute Gasteiger partial charge is 0.372 e. The molecule has 0 aromatic heterocycles. The lowest BCUT2D eigenvalue weighted by atomic mass is 9.86. The summed E-state index contributed by atoms with van der Waals surface area (Å²) in [7, 11) is -3.33. The number of morpholine rings is 1. The minimum Gasteiger partial charge on any atom is -0.372 e. The summed E-state index contributed by atoms with van der Waals surface area (Å²) in [5, 5.41) is 2.27. The second kappa shape index (κ2) is 10.1. The quantitative estimate of drug-likeness (QED) is 0.665. The summed E-state index contributed by atoms with van der Waals surface area (Å²) in [4.78, 5) is 14.9. The maximum Gasteiger partial charge on any atom is 0.227 e. The number of anilines is 2. The van der Waals surface area contributed by atoms with Gasteiger partial charge in [0.15, 0.2) is 5.82 Å². The van der Waals surface area contributed by atoms with Crippen molar-refractivity contribution in [3.05, 3.63) is 23.5 Å². The predicted molar refractivity (Wildman–Crippen MR) is 125 cm³/mol. The molecule has 0 bridgehead atoms. The number of amides is 1. The number of sulfonamides is 1. The van der Waals surface area contributed by atoms with Crippen molar-refractivity contribution in [3.63, 3.8) is 0 Å². The topological polar surface area (TPSA) is 87.7 Å². The first kappa shape index (κ1) is 24.9. The van der Waals surface area contributed by atoms with Gasteiger partial charge in [0, 0.05) is 36.3 Å². The molecule has 1 aromatic carbocycles. The molecule has 2 fully saturated rings. The van der Waals surface area contributed by atoms with E-state index >= 15 is 4.39 Å². The highest BCUT2D eigenvalue weighted by molar-refractivity contribution is 7.90. The summed E-state index contributed by atoms with van der Waals surface area (Å²) in [6.07, 6.45) is 2.47. The van der Waals surface area contributed by atoms with Crippen molar-refractivity contribution < 1.29 is 22.3 Å². The van der Waals surface area contributed by atoms with E-state index in [1.165, 1.54) is 0 Å². The van der Waals surface area contributed by atoms with Crippen molar-refractivity contribution in [2.75, 3.05) is 23.3 Å². The Bertz CT molecular complexity index is 919. The van der Waals surface area contributed by atoms with E-state index in [4.69, 9.17) is 4.74 Å². The third-order valence-corrected chi connectivity index (χ3v) is 8.33. The molecule has 1 heterocycles. The van der Waals surface area contributed by atoms with Crippen molar-refractivity contribution in [1.82, 2.24) is 4.72 Å². The van der Waals surface area contributed by atoms with Crippen molar-refractivity contribution in [1.29, 1.82) is 0 Å². The highest BCUT2D eigenvalue weighted by atomic mass is 32.2. The van der Waals surface area contributed by atoms with E-state index in [-0.39, 0.29) is 35.8 Å². The van der Waals surface area contributed by atoms with E-state index in [2.05, 4.69) is 14.9 Å². The first-order valence-corrected chi connectivity index (χ1v) is 13.0. The van der Waals surface area contributed by atoms with Crippen LogP contribution in [-0.4, -0.2) is 50.9 Å². The summed E-state index contributed by atoms with van der Waals surface area (Å²) in [6.45, 7) is 10.4. The average molecular weight is 470 g/mol. The number of nitrogens with one attached hydrogen (secondary N) is 2. The molecule has 1 saturated heterocycles. The van der Waals surface area contributed by atoms with Crippen molar-refractivity contribution in [2.24, 2.45) is 5.92 Å². The van der Waals surface area contributed by atoms with E-state index in [1.54, 1.807) is 26.8 Å². The zero-order valence-electron chi connectivity index (χ0n) is 19.7. The molecule has 1 aliphatic heterocycles. The van der Waals surface area contributed by atoms with Crippen LogP contribution < -0.4 is 14.9 Å². The van der Waals surface area contributed by atoms with Crippen LogP contribution in [0.15, 0.2) is 12.1 Å². The van der Waals surface area contributed by atoms with Gasteiger partial charge in [-0.1, -0.05) is 0 Å². The average Bonchev–Trinajstić information content (AvgIpc) is 2.71. The first-order valence-electron chi connectivity index (χ1n) is 11.5. The lowest BCUT2D eigenvalue weighted by molar-refractivity contribution is -0.120. The minimum absolute atomic E-state index is 0.0701. The molecule has 180 valence electrons. The molecule has 0 radical (unpaired) electrons. The summed E-state index contributed by atoms with van der Waals surface area (Å²) in [6, 6.07) is 3.34. The highest BCUT2D eigenvalue weighted by Crippen LogP contribution is 2.31. The fourth-order valence-electron chi connectivity index (χ4n) is 4.57. The molecule has 32 heavy (non-hydrogen) atoms. The molecule has 7 nitrogen and oxygen atoms in total. The molecule has 2 aliphatic rings. The Kier molecular flexibility index (Phi) is 7.83. The minimum atomic E-state index is -3.33. The molecule has 2 N–H and O–H groups in total. The van der Waals surface area contributed by atoms with Gasteiger partial charge in [0.2, 0.25) is 15.9 Å². The van der Waals surface area contributed by atoms with E-state index in [0.29, 0.717) is 44.3 Å². The van der Waals surface area contributed by atoms with Gasteiger partial charge < -0.3 is 15.0 Å². The third-order valence-electron chi connectivity index (χ3n) is 6.43. The Morgan fingerprint density at radius 3 is 2.28 bits per heavy atom. The normalized spacial score (nSPS) is 26.9. The SMILES string of the molecule is Cc1c(N2C[C@@H](C)O[C@@H](C)C2)ccc(NC(=O)C2CCC(NS(=O)(=O)C(C)C)CC2)c1F. The van der Waals surface area contributed by atoms with Gasteiger partial charge in [-0.15, -0.1) is 0 Å². The van der Waals surface area contributed by atoms with Crippen LogP contribution in [-0.2, 0) is 19.6 Å². The molecular formula is C23H36FN3O4S. The predicted octanol–water partition coefficient (Wildman–Crippen LogP) is 3.57. The molecule has 9 heteroatoms. The van der Waals surface area contributed by atoms with Gasteiger partial charge in [-0.25, -0.2) is 17.5 Å². The Balaban J connectivity index is 1.61. The van der Waals surface area contributed by atoms with Gasteiger partial charge in [0.05, 0.1) is 23.1 Å². The number of carbonyl (C=O) groups excluding carboxylic acids is 1. The number of benzene rings is 1. The summed E-state index contributed by atoms with van der Waals surface area (Å²) in [5.41, 5.74) is 1.52. The van der Waals surface area contributed by atoms with Crippen LogP contribution in [0, 0.1) is 18.7 Å². The summed E-state index contributed by atoms with van der Waals surface area (Å²) < 4.78 is 47.7. The van der Waals surface area contributed by atoms with Crippen LogP contribution in [0.3, 0.4) is 0 Å². The number of ether oxygens (including phenoxy) is 1. The van der Waals surface area contributed by atoms with Crippen LogP contribution in [0.25, 0.3) is 0 Å². The monoisotopic (exact) mass is 469 g/mol. The maximum absolute atomic E-state index is 15.1. The molecule has 3 rings (SSSR count). The van der Waals surface area contributed by atoms with Crippen molar-refractivity contribution in [2.45, 2.75) is 83.8 Å². The zero-order chi connectivity index (χ0) is 23.6. The fraction of sp³-hybridized carbons (Fsp3) is 0.696. The fourth-order valence-corrected chi connectivity index (χ4v) is 5.54. The number of carbonyl (C=O) groups is 1. The standard InChI is InChI=1S/C23H36FN3O4S/c1-14(2)32(29,30)26-19-8-6-18(7-9-19)23(28)25-20-10-11-21(17(5)22(20)24)27-12-15(3)31-16(4)13-27/h10-11,14-16,18-19,26H,6-9,12-13H2,1-5H3,(H,25,28)/t15-,16+,18?,19?. The van der Waals surface area contributed by atoms with Crippen LogP contribution in [0.5, 0.6) is 0 Å². The Labute approximate surface area is 191 Å². The van der Waals surface area contributed by atoms with Crippen LogP contribution in [0.1, 0.15) is 58.9 Å². The summed E-state index contributed by atoms with van der Waals surface area (Å²) in [5.74, 6) is -0.883. The van der Waals surface area contributed by atoms with E-state index < -0.39 is 21.1 Å². The van der Waals surface area contributed by atoms with Gasteiger partial charge in [-0.3, -0.25) is 4.79 Å². The zero-order valence-corrected chi connectivity index (χ0v) is 20.5. The molecule has 2 atom stereocenters. The highest BCUT2D eigenvalue weighted by Gasteiger charge is 2.30. The lowest BCUT2D eigenvalue weighted by Crippen LogP contribution is -2.45. The third kappa shape index (κ3) is 5.80. The number of hydrogen-bond acceptors (Lipinski definition) is 5. The van der Waals surface area contributed by atoms with Gasteiger partial charge >= 0.3 is 0 Å². The van der Waals surface area contributed by atoms with Crippen LogP contribution >= 0.6 is 0 Å². The number of hydrogen-bond donors (Lipinski definition) is 2. The van der Waals surface area contributed by atoms with Crippen molar-refractivity contribution in [3.8, 4) is 0 Å². The molecule has 0 spiro atoms. The second-order valence-corrected chi connectivity index (χ2v) is 11.8. The lowest BCUT2D eigenvalue weighted by Gasteiger charge is -2.37. The number of rotatable bonds is 6. The number of nitrogens with zero attached hydrogens (tertiary/aromatic N) is 1. The summed E-state index contributed by atoms with van der Waals surface area (Å²) >= 11 is 0. The molecule has 1 aromatic rings. The molecule has 1 aliphatic carbocycles. The number of halogens is 1. The maximum atomic E-state index is 15.1. The van der Waals surface area contributed by atoms with Gasteiger partial charge in [0.1, 0.15) is 0 Å². The smallest absolute Gasteiger partial charge is 0.227 e. The molecule has 1 saturated carbocycles. The molecule has 1 amide bonds. The van der Waals surface area contributed by atoms with Crippen LogP contribution in [0.2, 0.25) is 0 Å². The Morgan fingerprint density at radius 2 is 1.72 bits per heavy atom. The first-order chi connectivity index (χ1) is 15.0. The van der Waals surface area contributed by atoms with Gasteiger partial charge in [-0.2, -0.15) is 0 Å². The van der Waals surface area contributed by atoms with Crippen molar-refractivity contribution >= 4 is 27.3 Å². The Morgan fingerprint density at radius 1 is 1.12 bits per heavy atom. The van der Waals surface area contributed by atoms with E-state index in [0.717, 1.165) is 5.69 Å². The van der Waals surface area contributed by atoms with E-state index in [1.807, 2.05) is 19.9 Å². The molecule has 0 unspecified atom stereocenters.